The summed E-state index contributed by atoms with van der Waals surface area (Å²) < 4.78 is 15.8. The third kappa shape index (κ3) is 3.94. The van der Waals surface area contributed by atoms with Gasteiger partial charge in [-0.25, -0.2) is 4.79 Å². The highest BCUT2D eigenvalue weighted by molar-refractivity contribution is 6.01. The lowest BCUT2D eigenvalue weighted by atomic mass is 10.0. The Hall–Kier alpha value is -3.55. The number of hydrogen-bond donors (Lipinski definition) is 1. The van der Waals surface area contributed by atoms with Crippen molar-refractivity contribution in [2.24, 2.45) is 5.92 Å². The molecule has 1 saturated heterocycles. The highest BCUT2D eigenvalue weighted by atomic mass is 16.7. The van der Waals surface area contributed by atoms with Crippen LogP contribution in [0.2, 0.25) is 0 Å². The summed E-state index contributed by atoms with van der Waals surface area (Å²) in [5, 5.41) is 2.76. The second-order valence-electron chi connectivity index (χ2n) is 7.05. The highest BCUT2D eigenvalue weighted by Crippen LogP contribution is 2.37. The summed E-state index contributed by atoms with van der Waals surface area (Å²) in [5.74, 6) is -0.452. The molecule has 0 saturated carbocycles. The van der Waals surface area contributed by atoms with Gasteiger partial charge in [-0.1, -0.05) is 30.3 Å². The Morgan fingerprint density at radius 3 is 2.70 bits per heavy atom. The first-order valence-corrected chi connectivity index (χ1v) is 9.78. The fraction of sp³-hybridized carbons (Fsp3) is 0.318. The molecule has 0 aliphatic carbocycles. The van der Waals surface area contributed by atoms with Crippen LogP contribution in [-0.2, 0) is 19.1 Å². The van der Waals surface area contributed by atoms with Crippen LogP contribution in [0.25, 0.3) is 0 Å². The summed E-state index contributed by atoms with van der Waals surface area (Å²) in [7, 11) is 0. The molecule has 2 aromatic carbocycles. The zero-order valence-electron chi connectivity index (χ0n) is 16.5. The van der Waals surface area contributed by atoms with Crippen molar-refractivity contribution in [3.8, 4) is 11.5 Å². The number of benzene rings is 2. The smallest absolute Gasteiger partial charge is 0.333 e. The van der Waals surface area contributed by atoms with Gasteiger partial charge in [0.15, 0.2) is 17.5 Å². The predicted octanol–water partition coefficient (Wildman–Crippen LogP) is 2.19. The molecule has 2 aliphatic rings. The molecule has 1 N–H and O–H groups in total. The monoisotopic (exact) mass is 410 g/mol. The fourth-order valence-corrected chi connectivity index (χ4v) is 3.60. The average Bonchev–Trinajstić information content (AvgIpc) is 3.38. The zero-order chi connectivity index (χ0) is 21.1. The standard InChI is InChI=1S/C22H22N2O6/c1-2-28-22(27)20(14-6-4-3-5-7-14)23-21(26)15-10-19(25)24(12-15)16-8-9-17-18(11-16)30-13-29-17/h3-9,11,15,20H,2,10,12-13H2,1H3,(H,23,26). The van der Waals surface area contributed by atoms with Crippen LogP contribution >= 0.6 is 0 Å². The third-order valence-corrected chi connectivity index (χ3v) is 5.11. The Morgan fingerprint density at radius 2 is 1.93 bits per heavy atom. The lowest BCUT2D eigenvalue weighted by Gasteiger charge is -2.20. The minimum absolute atomic E-state index is 0.0601. The van der Waals surface area contributed by atoms with E-state index < -0.39 is 17.9 Å². The van der Waals surface area contributed by atoms with E-state index in [0.717, 1.165) is 0 Å². The molecule has 2 aliphatic heterocycles. The van der Waals surface area contributed by atoms with E-state index in [0.29, 0.717) is 22.7 Å². The molecule has 2 unspecified atom stereocenters. The molecule has 2 heterocycles. The maximum Gasteiger partial charge on any atom is 0.333 e. The van der Waals surface area contributed by atoms with E-state index in [4.69, 9.17) is 14.2 Å². The minimum atomic E-state index is -0.923. The number of fused-ring (bicyclic) bond motifs is 1. The van der Waals surface area contributed by atoms with Gasteiger partial charge < -0.3 is 24.4 Å². The Bertz CT molecular complexity index is 961. The summed E-state index contributed by atoms with van der Waals surface area (Å²) in [6.45, 7) is 2.28. The molecule has 4 rings (SSSR count). The first kappa shape index (κ1) is 19.8. The summed E-state index contributed by atoms with van der Waals surface area (Å²) in [5.41, 5.74) is 1.27. The van der Waals surface area contributed by atoms with Gasteiger partial charge in [0.1, 0.15) is 0 Å². The number of nitrogens with one attached hydrogen (secondary N) is 1. The van der Waals surface area contributed by atoms with E-state index in [1.54, 1.807) is 54.3 Å². The van der Waals surface area contributed by atoms with Crippen LogP contribution in [0.15, 0.2) is 48.5 Å². The van der Waals surface area contributed by atoms with Gasteiger partial charge in [-0.05, 0) is 24.6 Å². The Morgan fingerprint density at radius 1 is 1.17 bits per heavy atom. The number of amides is 2. The molecule has 2 atom stereocenters. The maximum atomic E-state index is 12.9. The topological polar surface area (TPSA) is 94.2 Å². The SMILES string of the molecule is CCOC(=O)C(NC(=O)C1CC(=O)N(c2ccc3c(c2)OCO3)C1)c1ccccc1. The first-order valence-electron chi connectivity index (χ1n) is 9.78. The summed E-state index contributed by atoms with van der Waals surface area (Å²) >= 11 is 0. The number of anilines is 1. The molecule has 2 amide bonds. The lowest BCUT2D eigenvalue weighted by Crippen LogP contribution is -2.39. The molecule has 0 aromatic heterocycles. The maximum absolute atomic E-state index is 12.9. The Kier molecular flexibility index (Phi) is 5.56. The van der Waals surface area contributed by atoms with Crippen LogP contribution in [0.1, 0.15) is 24.9 Å². The van der Waals surface area contributed by atoms with Crippen LogP contribution in [0, 0.1) is 5.92 Å². The number of esters is 1. The Balaban J connectivity index is 1.47. The first-order chi connectivity index (χ1) is 14.6. The van der Waals surface area contributed by atoms with Crippen LogP contribution in [-0.4, -0.2) is 37.7 Å². The van der Waals surface area contributed by atoms with E-state index >= 15 is 0 Å². The van der Waals surface area contributed by atoms with Crippen molar-refractivity contribution in [2.75, 3.05) is 24.8 Å². The zero-order valence-corrected chi connectivity index (χ0v) is 16.5. The number of nitrogens with zero attached hydrogens (tertiary/aromatic N) is 1. The molecule has 0 spiro atoms. The molecular weight excluding hydrogens is 388 g/mol. The lowest BCUT2D eigenvalue weighted by molar-refractivity contribution is -0.148. The second-order valence-corrected chi connectivity index (χ2v) is 7.05. The minimum Gasteiger partial charge on any atom is -0.464 e. The molecule has 1 fully saturated rings. The van der Waals surface area contributed by atoms with E-state index in [1.807, 2.05) is 6.07 Å². The number of hydrogen-bond acceptors (Lipinski definition) is 6. The highest BCUT2D eigenvalue weighted by Gasteiger charge is 2.37. The fourth-order valence-electron chi connectivity index (χ4n) is 3.60. The summed E-state index contributed by atoms with van der Waals surface area (Å²) in [6.07, 6.45) is 0.0601. The van der Waals surface area contributed by atoms with Crippen LogP contribution in [0.4, 0.5) is 5.69 Å². The summed E-state index contributed by atoms with van der Waals surface area (Å²) in [6, 6.07) is 13.2. The predicted molar refractivity (Wildman–Crippen MR) is 107 cm³/mol. The molecule has 8 nitrogen and oxygen atoms in total. The largest absolute Gasteiger partial charge is 0.464 e. The summed E-state index contributed by atoms with van der Waals surface area (Å²) in [4.78, 5) is 39.4. The van der Waals surface area contributed by atoms with E-state index in [9.17, 15) is 14.4 Å². The van der Waals surface area contributed by atoms with Gasteiger partial charge in [-0.15, -0.1) is 0 Å². The molecule has 8 heteroatoms. The van der Waals surface area contributed by atoms with Crippen molar-refractivity contribution in [3.63, 3.8) is 0 Å². The number of carbonyl (C=O) groups excluding carboxylic acids is 3. The third-order valence-electron chi connectivity index (χ3n) is 5.11. The van der Waals surface area contributed by atoms with Gasteiger partial charge in [-0.3, -0.25) is 9.59 Å². The Labute approximate surface area is 173 Å². The molecule has 0 radical (unpaired) electrons. The van der Waals surface area contributed by atoms with Crippen molar-refractivity contribution in [1.82, 2.24) is 5.32 Å². The molecule has 156 valence electrons. The quantitative estimate of drug-likeness (QED) is 0.734. The molecular formula is C22H22N2O6. The van der Waals surface area contributed by atoms with Crippen molar-refractivity contribution >= 4 is 23.5 Å². The van der Waals surface area contributed by atoms with Crippen LogP contribution in [0.5, 0.6) is 11.5 Å². The van der Waals surface area contributed by atoms with E-state index in [-0.39, 0.29) is 38.2 Å². The van der Waals surface area contributed by atoms with Gasteiger partial charge in [0.2, 0.25) is 18.6 Å². The molecule has 2 aromatic rings. The van der Waals surface area contributed by atoms with Gasteiger partial charge in [-0.2, -0.15) is 0 Å². The van der Waals surface area contributed by atoms with Gasteiger partial charge in [0, 0.05) is 24.7 Å². The number of ether oxygens (including phenoxy) is 3. The van der Waals surface area contributed by atoms with Gasteiger partial charge in [0.05, 0.1) is 12.5 Å². The van der Waals surface area contributed by atoms with E-state index in [1.165, 1.54) is 0 Å². The molecule has 30 heavy (non-hydrogen) atoms. The van der Waals surface area contributed by atoms with Crippen LogP contribution in [0.3, 0.4) is 0 Å². The number of carbonyl (C=O) groups is 3. The molecule has 0 bridgehead atoms. The van der Waals surface area contributed by atoms with Crippen molar-refractivity contribution < 1.29 is 28.6 Å². The van der Waals surface area contributed by atoms with Crippen LogP contribution < -0.4 is 19.7 Å². The van der Waals surface area contributed by atoms with Crippen molar-refractivity contribution in [1.29, 1.82) is 0 Å². The van der Waals surface area contributed by atoms with Gasteiger partial charge >= 0.3 is 5.97 Å². The van der Waals surface area contributed by atoms with E-state index in [2.05, 4.69) is 5.32 Å². The second kappa shape index (κ2) is 8.44. The van der Waals surface area contributed by atoms with Crippen molar-refractivity contribution in [3.05, 3.63) is 54.1 Å². The van der Waals surface area contributed by atoms with Gasteiger partial charge in [0.25, 0.3) is 0 Å². The normalized spacial score (nSPS) is 18.2. The average molecular weight is 410 g/mol. The van der Waals surface area contributed by atoms with Crippen molar-refractivity contribution in [2.45, 2.75) is 19.4 Å². The number of rotatable bonds is 6.